The molecule has 12 rings (SSSR count). The van der Waals surface area contributed by atoms with Crippen LogP contribution in [-0.4, -0.2) is 15.0 Å². The first-order valence-electron chi connectivity index (χ1n) is 21.1. The van der Waals surface area contributed by atoms with Crippen LogP contribution < -0.4 is 0 Å². The average Bonchev–Trinajstić information content (AvgIpc) is 3.93. The van der Waals surface area contributed by atoms with Gasteiger partial charge in [-0.3, -0.25) is 0 Å². The average molecular weight is 828 g/mol. The molecule has 0 unspecified atom stereocenters. The zero-order valence-corrected chi connectivity index (χ0v) is 35.3. The highest BCUT2D eigenvalue weighted by Crippen LogP contribution is 2.44. The summed E-state index contributed by atoms with van der Waals surface area (Å²) in [6.07, 6.45) is 6.81. The summed E-state index contributed by atoms with van der Waals surface area (Å²) in [7, 11) is 0. The molecule has 0 aliphatic heterocycles. The third kappa shape index (κ3) is 6.45. The number of hydrogen-bond donors (Lipinski definition) is 0. The van der Waals surface area contributed by atoms with Crippen LogP contribution in [0.5, 0.6) is 0 Å². The van der Waals surface area contributed by atoms with Crippen LogP contribution in [0.2, 0.25) is 0 Å². The Bertz CT molecular complexity index is 3510. The van der Waals surface area contributed by atoms with Gasteiger partial charge in [0.15, 0.2) is 17.5 Å². The SMILES string of the molecule is C1=Cc2c(sc3c(-c4cccc(-c5nc(-c6ccccc6)nc(-c6cccc7sc8ccc(-c9ccccc9-c9ccc(-c%10ccccc%10)cc9)cc8c67)n5)c4)cccc23)CC1. The molecule has 0 bridgehead atoms. The van der Waals surface area contributed by atoms with E-state index in [-0.39, 0.29) is 0 Å². The summed E-state index contributed by atoms with van der Waals surface area (Å²) in [4.78, 5) is 17.2. The predicted octanol–water partition coefficient (Wildman–Crippen LogP) is 16.1. The van der Waals surface area contributed by atoms with Crippen molar-refractivity contribution in [1.82, 2.24) is 15.0 Å². The van der Waals surface area contributed by atoms with Crippen molar-refractivity contribution in [2.75, 3.05) is 0 Å². The molecule has 0 spiro atoms. The summed E-state index contributed by atoms with van der Waals surface area (Å²) in [5.74, 6) is 1.97. The van der Waals surface area contributed by atoms with E-state index in [1.165, 1.54) is 74.3 Å². The van der Waals surface area contributed by atoms with Crippen LogP contribution in [0.15, 0.2) is 194 Å². The number of aromatic nitrogens is 3. The van der Waals surface area contributed by atoms with Crippen LogP contribution in [0.1, 0.15) is 16.9 Å². The van der Waals surface area contributed by atoms with Crippen LogP contribution in [0, 0.1) is 0 Å². The Morgan fingerprint density at radius 3 is 1.77 bits per heavy atom. The van der Waals surface area contributed by atoms with E-state index in [9.17, 15) is 0 Å². The topological polar surface area (TPSA) is 38.7 Å². The number of hydrogen-bond acceptors (Lipinski definition) is 5. The molecule has 0 fully saturated rings. The van der Waals surface area contributed by atoms with Crippen molar-refractivity contribution in [3.8, 4) is 78.7 Å². The number of rotatable bonds is 7. The number of nitrogens with zero attached hydrogens (tertiary/aromatic N) is 3. The molecule has 0 amide bonds. The second-order valence-corrected chi connectivity index (χ2v) is 18.0. The molecule has 0 N–H and O–H groups in total. The lowest BCUT2D eigenvalue weighted by Gasteiger charge is -2.12. The van der Waals surface area contributed by atoms with Crippen molar-refractivity contribution in [3.05, 3.63) is 205 Å². The summed E-state index contributed by atoms with van der Waals surface area (Å²) in [5, 5.41) is 3.68. The molecule has 3 aromatic heterocycles. The highest BCUT2D eigenvalue weighted by Gasteiger charge is 2.20. The lowest BCUT2D eigenvalue weighted by molar-refractivity contribution is 1.02. The molecule has 5 heteroatoms. The van der Waals surface area contributed by atoms with Gasteiger partial charge in [-0.2, -0.15) is 0 Å². The predicted molar refractivity (Wildman–Crippen MR) is 264 cm³/mol. The van der Waals surface area contributed by atoms with E-state index in [4.69, 9.17) is 15.0 Å². The van der Waals surface area contributed by atoms with Crippen LogP contribution in [0.25, 0.3) is 115 Å². The zero-order valence-electron chi connectivity index (χ0n) is 33.6. The maximum Gasteiger partial charge on any atom is 0.164 e. The molecule has 1 aliphatic carbocycles. The lowest BCUT2D eigenvalue weighted by atomic mass is 9.92. The van der Waals surface area contributed by atoms with Gasteiger partial charge in [0, 0.05) is 51.8 Å². The van der Waals surface area contributed by atoms with Gasteiger partial charge < -0.3 is 0 Å². The summed E-state index contributed by atoms with van der Waals surface area (Å²) < 4.78 is 3.76. The summed E-state index contributed by atoms with van der Waals surface area (Å²) >= 11 is 3.74. The Balaban J connectivity index is 0.987. The van der Waals surface area contributed by atoms with Gasteiger partial charge in [-0.25, -0.2) is 15.0 Å². The minimum atomic E-state index is 0.653. The van der Waals surface area contributed by atoms with E-state index in [0.29, 0.717) is 17.5 Å². The minimum Gasteiger partial charge on any atom is -0.208 e. The summed E-state index contributed by atoms with van der Waals surface area (Å²) in [6.45, 7) is 0. The van der Waals surface area contributed by atoms with Crippen LogP contribution in [0.3, 0.4) is 0 Å². The Morgan fingerprint density at radius 1 is 0.371 bits per heavy atom. The quantitative estimate of drug-likeness (QED) is 0.161. The van der Waals surface area contributed by atoms with E-state index >= 15 is 0 Å². The molecule has 0 atom stereocenters. The Hall–Kier alpha value is -7.31. The largest absolute Gasteiger partial charge is 0.208 e. The molecule has 3 heterocycles. The van der Waals surface area contributed by atoms with E-state index in [2.05, 4.69) is 182 Å². The third-order valence-electron chi connectivity index (χ3n) is 12.0. The number of aryl methyl sites for hydroxylation is 1. The summed E-state index contributed by atoms with van der Waals surface area (Å²) in [5.41, 5.74) is 13.9. The first-order chi connectivity index (χ1) is 30.7. The van der Waals surface area contributed by atoms with Crippen molar-refractivity contribution in [1.29, 1.82) is 0 Å². The fourth-order valence-electron chi connectivity index (χ4n) is 9.01. The first kappa shape index (κ1) is 36.5. The maximum atomic E-state index is 5.33. The molecule has 0 saturated carbocycles. The molecule has 11 aromatic rings. The van der Waals surface area contributed by atoms with Crippen molar-refractivity contribution in [3.63, 3.8) is 0 Å². The molecular weight excluding hydrogens is 791 g/mol. The second kappa shape index (κ2) is 15.3. The van der Waals surface area contributed by atoms with Crippen LogP contribution in [0.4, 0.5) is 0 Å². The monoisotopic (exact) mass is 827 g/mol. The van der Waals surface area contributed by atoms with Crippen LogP contribution in [-0.2, 0) is 6.42 Å². The van der Waals surface area contributed by atoms with Crippen molar-refractivity contribution >= 4 is 59.0 Å². The standard InChI is InChI=1S/C57H37N3S2/c1-3-14-36(15-4-1)37-28-30-38(31-29-37)43-20-7-8-21-44(43)41-32-33-51-49(35-41)53-48(25-13-27-52(53)61-51)57-59-55(39-16-5-2-6-17-39)58-56(60-57)42-19-11-18-40(34-42)45-23-12-24-47-46-22-9-10-26-50(46)62-54(45)47/h1-9,11-25,27-35H,10,26H2. The van der Waals surface area contributed by atoms with Gasteiger partial charge in [-0.1, -0.05) is 176 Å². The Labute approximate surface area is 368 Å². The van der Waals surface area contributed by atoms with E-state index in [0.717, 1.165) is 40.5 Å². The molecule has 292 valence electrons. The molecule has 0 saturated heterocycles. The van der Waals surface area contributed by atoms with Gasteiger partial charge in [-0.05, 0) is 87.2 Å². The highest BCUT2D eigenvalue weighted by molar-refractivity contribution is 7.26. The van der Waals surface area contributed by atoms with Crippen molar-refractivity contribution < 1.29 is 0 Å². The third-order valence-corrected chi connectivity index (χ3v) is 14.5. The summed E-state index contributed by atoms with van der Waals surface area (Å²) in [6, 6.07) is 67.3. The second-order valence-electron chi connectivity index (χ2n) is 15.8. The van der Waals surface area contributed by atoms with E-state index < -0.39 is 0 Å². The van der Waals surface area contributed by atoms with Gasteiger partial charge in [0.25, 0.3) is 0 Å². The zero-order chi connectivity index (χ0) is 41.0. The van der Waals surface area contributed by atoms with Gasteiger partial charge in [-0.15, -0.1) is 22.7 Å². The molecule has 62 heavy (non-hydrogen) atoms. The fraction of sp³-hybridized carbons (Fsp3) is 0.0351. The number of thiophene rings is 2. The Kier molecular flexibility index (Phi) is 9.02. The van der Waals surface area contributed by atoms with E-state index in [1.54, 1.807) is 0 Å². The smallest absolute Gasteiger partial charge is 0.164 e. The number of fused-ring (bicyclic) bond motifs is 6. The number of benzene rings is 8. The van der Waals surface area contributed by atoms with Crippen molar-refractivity contribution in [2.24, 2.45) is 0 Å². The van der Waals surface area contributed by atoms with Crippen LogP contribution >= 0.6 is 22.7 Å². The first-order valence-corrected chi connectivity index (χ1v) is 22.7. The number of allylic oxidation sites excluding steroid dienone is 1. The highest BCUT2D eigenvalue weighted by atomic mass is 32.1. The molecular formula is C57H37N3S2. The van der Waals surface area contributed by atoms with Crippen molar-refractivity contribution in [2.45, 2.75) is 12.8 Å². The fourth-order valence-corrected chi connectivity index (χ4v) is 11.5. The molecule has 1 aliphatic rings. The lowest BCUT2D eigenvalue weighted by Crippen LogP contribution is -2.00. The van der Waals surface area contributed by atoms with Gasteiger partial charge in [0.2, 0.25) is 0 Å². The maximum absolute atomic E-state index is 5.33. The van der Waals surface area contributed by atoms with Gasteiger partial charge in [0.05, 0.1) is 0 Å². The molecule has 8 aromatic carbocycles. The van der Waals surface area contributed by atoms with Gasteiger partial charge >= 0.3 is 0 Å². The normalized spacial score (nSPS) is 12.3. The Morgan fingerprint density at radius 2 is 0.952 bits per heavy atom. The minimum absolute atomic E-state index is 0.653. The molecule has 0 radical (unpaired) electrons. The van der Waals surface area contributed by atoms with E-state index in [1.807, 2.05) is 40.9 Å². The van der Waals surface area contributed by atoms with Gasteiger partial charge in [0.1, 0.15) is 0 Å². The molecule has 3 nitrogen and oxygen atoms in total.